The lowest BCUT2D eigenvalue weighted by Crippen LogP contribution is -2.53. The summed E-state index contributed by atoms with van der Waals surface area (Å²) in [7, 11) is 0. The quantitative estimate of drug-likeness (QED) is 0.824. The molecule has 0 aromatic carbocycles. The molecular formula is C14H23N5S. The monoisotopic (exact) mass is 293 g/mol. The molecule has 1 aromatic rings. The molecule has 1 aromatic heterocycles. The van der Waals surface area contributed by atoms with Crippen molar-refractivity contribution in [1.29, 1.82) is 0 Å². The van der Waals surface area contributed by atoms with Gasteiger partial charge in [-0.3, -0.25) is 4.90 Å². The molecule has 0 radical (unpaired) electrons. The predicted octanol–water partition coefficient (Wildman–Crippen LogP) is 1.23. The van der Waals surface area contributed by atoms with Crippen molar-refractivity contribution in [2.75, 3.05) is 31.1 Å². The van der Waals surface area contributed by atoms with Gasteiger partial charge in [0.05, 0.1) is 11.0 Å². The normalized spacial score (nSPS) is 18.0. The number of thiocarbonyl (C=S) groups is 1. The van der Waals surface area contributed by atoms with Gasteiger partial charge in [-0.1, -0.05) is 26.1 Å². The molecule has 6 heteroatoms. The van der Waals surface area contributed by atoms with E-state index in [1.807, 2.05) is 0 Å². The zero-order valence-corrected chi connectivity index (χ0v) is 13.1. The Balaban J connectivity index is 1.98. The molecule has 2 N–H and O–H groups in total. The summed E-state index contributed by atoms with van der Waals surface area (Å²) in [6.45, 7) is 8.10. The Morgan fingerprint density at radius 2 is 2.00 bits per heavy atom. The molecule has 1 fully saturated rings. The maximum atomic E-state index is 5.82. The van der Waals surface area contributed by atoms with Crippen LogP contribution < -0.4 is 10.6 Å². The Labute approximate surface area is 126 Å². The third kappa shape index (κ3) is 3.43. The first kappa shape index (κ1) is 15.1. The standard InChI is InChI=1S/C14H23N5S/c1-3-11-9-13(17-10-16-11)19-7-5-18(6-8-19)12(4-2)14(15)20/h9-10,12H,3-8H2,1-2H3,(H2,15,20). The number of piperazine rings is 1. The van der Waals surface area contributed by atoms with Crippen LogP contribution in [0.3, 0.4) is 0 Å². The second-order valence-corrected chi connectivity index (χ2v) is 5.54. The summed E-state index contributed by atoms with van der Waals surface area (Å²) in [5, 5.41) is 0. The fourth-order valence-electron chi connectivity index (χ4n) is 2.65. The average Bonchev–Trinajstić information content (AvgIpc) is 2.48. The molecule has 20 heavy (non-hydrogen) atoms. The van der Waals surface area contributed by atoms with E-state index in [0.29, 0.717) is 4.99 Å². The molecule has 110 valence electrons. The van der Waals surface area contributed by atoms with E-state index < -0.39 is 0 Å². The number of aryl methyl sites for hydroxylation is 1. The fraction of sp³-hybridized carbons (Fsp3) is 0.643. The molecule has 0 amide bonds. The van der Waals surface area contributed by atoms with Crippen molar-refractivity contribution in [3.05, 3.63) is 18.1 Å². The lowest BCUT2D eigenvalue weighted by molar-refractivity contribution is 0.224. The van der Waals surface area contributed by atoms with Gasteiger partial charge in [0.15, 0.2) is 0 Å². The highest BCUT2D eigenvalue weighted by Gasteiger charge is 2.24. The van der Waals surface area contributed by atoms with Crippen LogP contribution in [-0.2, 0) is 6.42 Å². The minimum atomic E-state index is 0.226. The fourth-order valence-corrected chi connectivity index (χ4v) is 2.97. The average molecular weight is 293 g/mol. The van der Waals surface area contributed by atoms with Crippen LogP contribution in [0.15, 0.2) is 12.4 Å². The van der Waals surface area contributed by atoms with Gasteiger partial charge in [0.1, 0.15) is 12.1 Å². The molecule has 0 bridgehead atoms. The molecule has 1 atom stereocenters. The second-order valence-electron chi connectivity index (χ2n) is 5.07. The van der Waals surface area contributed by atoms with Crippen molar-refractivity contribution in [3.63, 3.8) is 0 Å². The number of anilines is 1. The summed E-state index contributed by atoms with van der Waals surface area (Å²) in [6, 6.07) is 2.31. The van der Waals surface area contributed by atoms with Gasteiger partial charge in [0.25, 0.3) is 0 Å². The molecule has 1 aliphatic heterocycles. The van der Waals surface area contributed by atoms with Crippen LogP contribution in [-0.4, -0.2) is 52.1 Å². The number of nitrogens with two attached hydrogens (primary N) is 1. The van der Waals surface area contributed by atoms with E-state index >= 15 is 0 Å². The van der Waals surface area contributed by atoms with Crippen LogP contribution in [0.5, 0.6) is 0 Å². The van der Waals surface area contributed by atoms with Gasteiger partial charge >= 0.3 is 0 Å². The summed E-state index contributed by atoms with van der Waals surface area (Å²) in [6.07, 6.45) is 3.57. The maximum absolute atomic E-state index is 5.82. The van der Waals surface area contributed by atoms with Crippen molar-refractivity contribution in [2.45, 2.75) is 32.7 Å². The van der Waals surface area contributed by atoms with E-state index in [1.165, 1.54) is 0 Å². The summed E-state index contributed by atoms with van der Waals surface area (Å²) >= 11 is 5.15. The van der Waals surface area contributed by atoms with Crippen LogP contribution >= 0.6 is 12.2 Å². The van der Waals surface area contributed by atoms with Crippen LogP contribution in [0.2, 0.25) is 0 Å². The van der Waals surface area contributed by atoms with E-state index in [1.54, 1.807) is 6.33 Å². The molecule has 1 saturated heterocycles. The van der Waals surface area contributed by atoms with Crippen LogP contribution in [0.1, 0.15) is 26.0 Å². The first-order valence-corrected chi connectivity index (χ1v) is 7.65. The molecule has 5 nitrogen and oxygen atoms in total. The molecule has 1 unspecified atom stereocenters. The van der Waals surface area contributed by atoms with E-state index in [-0.39, 0.29) is 6.04 Å². The number of hydrogen-bond donors (Lipinski definition) is 1. The van der Waals surface area contributed by atoms with Crippen LogP contribution in [0.25, 0.3) is 0 Å². The van der Waals surface area contributed by atoms with Crippen molar-refractivity contribution in [1.82, 2.24) is 14.9 Å². The van der Waals surface area contributed by atoms with Crippen molar-refractivity contribution >= 4 is 23.0 Å². The minimum absolute atomic E-state index is 0.226. The lowest BCUT2D eigenvalue weighted by Gasteiger charge is -2.39. The van der Waals surface area contributed by atoms with Crippen molar-refractivity contribution < 1.29 is 0 Å². The third-order valence-electron chi connectivity index (χ3n) is 3.87. The smallest absolute Gasteiger partial charge is 0.132 e. The molecule has 0 aliphatic carbocycles. The number of nitrogens with zero attached hydrogens (tertiary/aromatic N) is 4. The first-order chi connectivity index (χ1) is 9.65. The second kappa shape index (κ2) is 6.95. The zero-order valence-electron chi connectivity index (χ0n) is 12.2. The Hall–Kier alpha value is -1.27. The highest BCUT2D eigenvalue weighted by Crippen LogP contribution is 2.16. The maximum Gasteiger partial charge on any atom is 0.132 e. The van der Waals surface area contributed by atoms with E-state index in [4.69, 9.17) is 18.0 Å². The summed E-state index contributed by atoms with van der Waals surface area (Å²) in [4.78, 5) is 13.9. The van der Waals surface area contributed by atoms with Gasteiger partial charge in [-0.05, 0) is 12.8 Å². The molecule has 0 saturated carbocycles. The minimum Gasteiger partial charge on any atom is -0.392 e. The lowest BCUT2D eigenvalue weighted by atomic mass is 10.1. The third-order valence-corrected chi connectivity index (χ3v) is 4.14. The van der Waals surface area contributed by atoms with E-state index in [2.05, 4.69) is 39.7 Å². The summed E-state index contributed by atoms with van der Waals surface area (Å²) in [5.74, 6) is 1.03. The SMILES string of the molecule is CCc1cc(N2CCN(C(CC)C(N)=S)CC2)ncn1. The molecule has 0 spiro atoms. The number of rotatable bonds is 5. The molecular weight excluding hydrogens is 270 g/mol. The van der Waals surface area contributed by atoms with Gasteiger partial charge in [-0.15, -0.1) is 0 Å². The Morgan fingerprint density at radius 1 is 1.30 bits per heavy atom. The van der Waals surface area contributed by atoms with Crippen molar-refractivity contribution in [3.8, 4) is 0 Å². The highest BCUT2D eigenvalue weighted by atomic mass is 32.1. The number of hydrogen-bond acceptors (Lipinski definition) is 5. The Bertz CT molecular complexity index is 457. The highest BCUT2D eigenvalue weighted by molar-refractivity contribution is 7.80. The van der Waals surface area contributed by atoms with Crippen molar-refractivity contribution in [2.24, 2.45) is 5.73 Å². The van der Waals surface area contributed by atoms with Crippen LogP contribution in [0.4, 0.5) is 5.82 Å². The number of aromatic nitrogens is 2. The van der Waals surface area contributed by atoms with E-state index in [9.17, 15) is 0 Å². The zero-order chi connectivity index (χ0) is 14.5. The van der Waals surface area contributed by atoms with E-state index in [0.717, 1.165) is 50.5 Å². The van der Waals surface area contributed by atoms with Gasteiger partial charge in [0.2, 0.25) is 0 Å². The molecule has 2 rings (SSSR count). The largest absolute Gasteiger partial charge is 0.392 e. The van der Waals surface area contributed by atoms with Gasteiger partial charge < -0.3 is 10.6 Å². The Kier molecular flexibility index (Phi) is 5.25. The molecule has 1 aliphatic rings. The predicted molar refractivity (Wildman–Crippen MR) is 86.1 cm³/mol. The summed E-state index contributed by atoms with van der Waals surface area (Å²) in [5.41, 5.74) is 6.91. The van der Waals surface area contributed by atoms with Crippen LogP contribution in [0, 0.1) is 0 Å². The van der Waals surface area contributed by atoms with Gasteiger partial charge in [0, 0.05) is 37.9 Å². The van der Waals surface area contributed by atoms with Gasteiger partial charge in [-0.25, -0.2) is 9.97 Å². The summed E-state index contributed by atoms with van der Waals surface area (Å²) < 4.78 is 0. The molecule has 2 heterocycles. The first-order valence-electron chi connectivity index (χ1n) is 7.25. The Morgan fingerprint density at radius 3 is 2.55 bits per heavy atom. The van der Waals surface area contributed by atoms with Gasteiger partial charge in [-0.2, -0.15) is 0 Å². The topological polar surface area (TPSA) is 58.3 Å².